The van der Waals surface area contributed by atoms with Crippen LogP contribution in [0.3, 0.4) is 0 Å². The highest BCUT2D eigenvalue weighted by Crippen LogP contribution is 2.25. The zero-order valence-electron chi connectivity index (χ0n) is 8.40. The van der Waals surface area contributed by atoms with Gasteiger partial charge in [0.05, 0.1) is 11.6 Å². The summed E-state index contributed by atoms with van der Waals surface area (Å²) in [5.74, 6) is -0.975. The number of benzene rings is 1. The first-order valence-electron chi connectivity index (χ1n) is 4.52. The van der Waals surface area contributed by atoms with E-state index < -0.39 is 11.6 Å². The number of rotatable bonds is 0. The summed E-state index contributed by atoms with van der Waals surface area (Å²) in [6, 6.07) is 2.15. The number of fused-ring (bicyclic) bond motifs is 1. The van der Waals surface area contributed by atoms with E-state index >= 15 is 0 Å². The van der Waals surface area contributed by atoms with Gasteiger partial charge in [-0.05, 0) is 24.6 Å². The van der Waals surface area contributed by atoms with Gasteiger partial charge in [0.25, 0.3) is 0 Å². The summed E-state index contributed by atoms with van der Waals surface area (Å²) < 4.78 is 30.8. The summed E-state index contributed by atoms with van der Waals surface area (Å²) in [6.45, 7) is 5.67. The van der Waals surface area contributed by atoms with Crippen molar-refractivity contribution in [3.8, 4) is 0 Å². The molecule has 0 atom stereocenters. The fourth-order valence-corrected chi connectivity index (χ4v) is 1.22. The second-order valence-corrected chi connectivity index (χ2v) is 2.65. The van der Waals surface area contributed by atoms with Crippen LogP contribution in [-0.4, -0.2) is 0 Å². The van der Waals surface area contributed by atoms with Crippen LogP contribution in [0.4, 0.5) is 8.78 Å². The summed E-state index contributed by atoms with van der Waals surface area (Å²) in [6.07, 6.45) is 1.34. The molecule has 0 unspecified atom stereocenters. The molecule has 1 nitrogen and oxygen atoms in total. The maximum absolute atomic E-state index is 13.0. The highest BCUT2D eigenvalue weighted by Gasteiger charge is 2.11. The molecule has 0 amide bonds. The van der Waals surface area contributed by atoms with Gasteiger partial charge in [-0.25, -0.2) is 8.78 Å². The predicted octanol–water partition coefficient (Wildman–Crippen LogP) is 4.05. The Labute approximate surface area is 81.3 Å². The van der Waals surface area contributed by atoms with E-state index in [1.807, 2.05) is 13.8 Å². The molecular weight excluding hydrogens is 186 g/mol. The molecule has 0 saturated carbocycles. The van der Waals surface area contributed by atoms with Crippen LogP contribution in [0, 0.1) is 18.6 Å². The maximum atomic E-state index is 13.0. The third-order valence-corrected chi connectivity index (χ3v) is 1.81. The molecule has 76 valence electrons. The molecule has 1 aromatic carbocycles. The van der Waals surface area contributed by atoms with Crippen molar-refractivity contribution in [3.63, 3.8) is 0 Å². The molecule has 0 aliphatic carbocycles. The number of halogens is 2. The SMILES string of the molecule is CC.Cc1coc2c(F)ccc(F)c12. The Morgan fingerprint density at radius 3 is 2.21 bits per heavy atom. The van der Waals surface area contributed by atoms with Gasteiger partial charge in [0.15, 0.2) is 11.4 Å². The molecule has 0 bridgehead atoms. The van der Waals surface area contributed by atoms with Gasteiger partial charge in [0.1, 0.15) is 5.82 Å². The molecular formula is C11H12F2O. The van der Waals surface area contributed by atoms with E-state index in [1.54, 1.807) is 6.92 Å². The van der Waals surface area contributed by atoms with E-state index in [0.717, 1.165) is 12.1 Å². The summed E-state index contributed by atoms with van der Waals surface area (Å²) >= 11 is 0. The summed E-state index contributed by atoms with van der Waals surface area (Å²) in [5, 5.41) is 0.231. The van der Waals surface area contributed by atoms with Gasteiger partial charge in [-0.2, -0.15) is 0 Å². The van der Waals surface area contributed by atoms with Gasteiger partial charge >= 0.3 is 0 Å². The molecule has 1 aromatic heterocycles. The second kappa shape index (κ2) is 4.22. The van der Waals surface area contributed by atoms with Crippen molar-refractivity contribution < 1.29 is 13.2 Å². The van der Waals surface area contributed by atoms with Crippen LogP contribution in [0.1, 0.15) is 19.4 Å². The van der Waals surface area contributed by atoms with Crippen molar-refractivity contribution in [2.75, 3.05) is 0 Å². The van der Waals surface area contributed by atoms with Crippen LogP contribution < -0.4 is 0 Å². The van der Waals surface area contributed by atoms with Crippen LogP contribution in [-0.2, 0) is 0 Å². The third-order valence-electron chi connectivity index (χ3n) is 1.81. The Kier molecular flexibility index (Phi) is 3.23. The molecule has 14 heavy (non-hydrogen) atoms. The van der Waals surface area contributed by atoms with E-state index in [2.05, 4.69) is 0 Å². The zero-order chi connectivity index (χ0) is 10.7. The Balaban J connectivity index is 0.000000461. The first-order chi connectivity index (χ1) is 6.70. The smallest absolute Gasteiger partial charge is 0.172 e. The predicted molar refractivity (Wildman–Crippen MR) is 52.2 cm³/mol. The van der Waals surface area contributed by atoms with E-state index in [0.29, 0.717) is 5.56 Å². The van der Waals surface area contributed by atoms with Gasteiger partial charge < -0.3 is 4.42 Å². The summed E-state index contributed by atoms with van der Waals surface area (Å²) in [5.41, 5.74) is 0.606. The maximum Gasteiger partial charge on any atom is 0.172 e. The standard InChI is InChI=1S/C9H6F2O.C2H6/c1-5-4-12-9-7(11)3-2-6(10)8(5)9;1-2/h2-4H,1H3;1-2H3. The molecule has 0 fully saturated rings. The monoisotopic (exact) mass is 198 g/mol. The highest BCUT2D eigenvalue weighted by molar-refractivity contribution is 5.81. The lowest BCUT2D eigenvalue weighted by atomic mass is 10.2. The highest BCUT2D eigenvalue weighted by atomic mass is 19.1. The summed E-state index contributed by atoms with van der Waals surface area (Å²) in [7, 11) is 0. The fourth-order valence-electron chi connectivity index (χ4n) is 1.22. The average molecular weight is 198 g/mol. The number of hydrogen-bond donors (Lipinski definition) is 0. The number of aryl methyl sites for hydroxylation is 1. The lowest BCUT2D eigenvalue weighted by Gasteiger charge is -1.92. The lowest BCUT2D eigenvalue weighted by molar-refractivity contribution is 0.554. The van der Waals surface area contributed by atoms with Crippen molar-refractivity contribution in [2.24, 2.45) is 0 Å². The third kappa shape index (κ3) is 1.62. The van der Waals surface area contributed by atoms with Gasteiger partial charge in [0.2, 0.25) is 0 Å². The molecule has 2 aromatic rings. The Hall–Kier alpha value is -1.38. The molecule has 0 radical (unpaired) electrons. The molecule has 0 N–H and O–H groups in total. The van der Waals surface area contributed by atoms with Crippen LogP contribution in [0.15, 0.2) is 22.8 Å². The first kappa shape index (κ1) is 10.7. The Morgan fingerprint density at radius 1 is 1.07 bits per heavy atom. The van der Waals surface area contributed by atoms with E-state index in [1.165, 1.54) is 6.26 Å². The van der Waals surface area contributed by atoms with E-state index in [-0.39, 0.29) is 11.0 Å². The van der Waals surface area contributed by atoms with Gasteiger partial charge in [0, 0.05) is 0 Å². The van der Waals surface area contributed by atoms with Gasteiger partial charge in [-0.15, -0.1) is 0 Å². The quantitative estimate of drug-likeness (QED) is 0.622. The zero-order valence-corrected chi connectivity index (χ0v) is 8.40. The van der Waals surface area contributed by atoms with E-state index in [9.17, 15) is 8.78 Å². The number of hydrogen-bond acceptors (Lipinski definition) is 1. The first-order valence-corrected chi connectivity index (χ1v) is 4.52. The van der Waals surface area contributed by atoms with Crippen molar-refractivity contribution >= 4 is 11.0 Å². The Bertz CT molecular complexity index is 432. The van der Waals surface area contributed by atoms with Gasteiger partial charge in [-0.3, -0.25) is 0 Å². The van der Waals surface area contributed by atoms with Crippen LogP contribution in [0.5, 0.6) is 0 Å². The van der Waals surface area contributed by atoms with E-state index in [4.69, 9.17) is 4.42 Å². The molecule has 0 saturated heterocycles. The molecule has 3 heteroatoms. The largest absolute Gasteiger partial charge is 0.461 e. The molecule has 1 heterocycles. The van der Waals surface area contributed by atoms with Crippen molar-refractivity contribution in [3.05, 3.63) is 35.6 Å². The van der Waals surface area contributed by atoms with Gasteiger partial charge in [-0.1, -0.05) is 13.8 Å². The topological polar surface area (TPSA) is 13.1 Å². The second-order valence-electron chi connectivity index (χ2n) is 2.65. The van der Waals surface area contributed by atoms with Crippen LogP contribution >= 0.6 is 0 Å². The molecule has 0 spiro atoms. The van der Waals surface area contributed by atoms with Crippen molar-refractivity contribution in [1.29, 1.82) is 0 Å². The molecule has 0 aliphatic heterocycles. The Morgan fingerprint density at radius 2 is 1.64 bits per heavy atom. The van der Waals surface area contributed by atoms with Crippen LogP contribution in [0.2, 0.25) is 0 Å². The fraction of sp³-hybridized carbons (Fsp3) is 0.273. The minimum Gasteiger partial charge on any atom is -0.461 e. The summed E-state index contributed by atoms with van der Waals surface area (Å²) in [4.78, 5) is 0. The minimum absolute atomic E-state index is 0.00694. The lowest BCUT2D eigenvalue weighted by Crippen LogP contribution is -1.80. The average Bonchev–Trinajstić information content (AvgIpc) is 2.59. The van der Waals surface area contributed by atoms with Crippen molar-refractivity contribution in [1.82, 2.24) is 0 Å². The molecule has 0 aliphatic rings. The van der Waals surface area contributed by atoms with Crippen molar-refractivity contribution in [2.45, 2.75) is 20.8 Å². The molecule has 2 rings (SSSR count). The minimum atomic E-state index is -0.528. The number of furan rings is 1. The van der Waals surface area contributed by atoms with Crippen LogP contribution in [0.25, 0.3) is 11.0 Å². The normalized spacial score (nSPS) is 9.79.